The van der Waals surface area contributed by atoms with Crippen molar-refractivity contribution < 1.29 is 14.3 Å². The van der Waals surface area contributed by atoms with Crippen LogP contribution in [-0.2, 0) is 16.1 Å². The summed E-state index contributed by atoms with van der Waals surface area (Å²) in [6.45, 7) is 2.77. The Balaban J connectivity index is 1.72. The summed E-state index contributed by atoms with van der Waals surface area (Å²) in [6, 6.07) is 7.06. The molecule has 0 atom stereocenters. The maximum Gasteiger partial charge on any atom is 0.316 e. The maximum atomic E-state index is 11.5. The third kappa shape index (κ3) is 6.50. The Morgan fingerprint density at radius 2 is 2.13 bits per heavy atom. The predicted octanol–water partition coefficient (Wildman–Crippen LogP) is 3.47. The molecule has 1 aromatic carbocycles. The van der Waals surface area contributed by atoms with Gasteiger partial charge in [0.1, 0.15) is 12.4 Å². The number of hydrogen-bond donors (Lipinski definition) is 1. The van der Waals surface area contributed by atoms with Crippen molar-refractivity contribution >= 4 is 29.3 Å². The Morgan fingerprint density at radius 3 is 2.87 bits per heavy atom. The summed E-state index contributed by atoms with van der Waals surface area (Å²) in [6.07, 6.45) is 1.88. The molecule has 1 heterocycles. The molecule has 1 aromatic heterocycles. The van der Waals surface area contributed by atoms with Crippen LogP contribution < -0.4 is 4.74 Å². The summed E-state index contributed by atoms with van der Waals surface area (Å²) in [5.74, 6) is 1.22. The lowest BCUT2D eigenvalue weighted by Gasteiger charge is -2.03. The number of H-pyrrole nitrogens is 1. The number of rotatable bonds is 9. The van der Waals surface area contributed by atoms with E-state index in [9.17, 15) is 4.79 Å². The first-order valence-electron chi connectivity index (χ1n) is 7.25. The van der Waals surface area contributed by atoms with Crippen LogP contribution in [0.2, 0.25) is 5.02 Å². The highest BCUT2D eigenvalue weighted by Crippen LogP contribution is 2.17. The second-order valence-corrected chi connectivity index (χ2v) is 6.05. The van der Waals surface area contributed by atoms with Crippen LogP contribution in [0.3, 0.4) is 0 Å². The summed E-state index contributed by atoms with van der Waals surface area (Å²) >= 11 is 7.04. The fourth-order valence-electron chi connectivity index (χ4n) is 1.58. The number of esters is 1. The summed E-state index contributed by atoms with van der Waals surface area (Å²) in [4.78, 5) is 15.7. The van der Waals surface area contributed by atoms with Gasteiger partial charge in [0.05, 0.1) is 12.4 Å². The fraction of sp³-hybridized carbons (Fsp3) is 0.400. The Bertz CT molecular complexity index is 619. The number of unbranched alkanes of at least 4 members (excludes halogenated alkanes) is 1. The number of ether oxygens (including phenoxy) is 2. The Kier molecular flexibility index (Phi) is 7.22. The minimum absolute atomic E-state index is 0.194. The highest BCUT2D eigenvalue weighted by atomic mass is 35.5. The first kappa shape index (κ1) is 17.6. The van der Waals surface area contributed by atoms with Gasteiger partial charge in [-0.3, -0.25) is 9.89 Å². The zero-order valence-corrected chi connectivity index (χ0v) is 14.3. The molecule has 2 aromatic rings. The van der Waals surface area contributed by atoms with Gasteiger partial charge < -0.3 is 9.47 Å². The molecule has 0 radical (unpaired) electrons. The maximum absolute atomic E-state index is 11.5. The van der Waals surface area contributed by atoms with Gasteiger partial charge in [0.25, 0.3) is 0 Å². The van der Waals surface area contributed by atoms with E-state index in [0.29, 0.717) is 28.4 Å². The van der Waals surface area contributed by atoms with E-state index in [0.717, 1.165) is 12.8 Å². The normalized spacial score (nSPS) is 10.5. The number of aromatic nitrogens is 3. The van der Waals surface area contributed by atoms with Gasteiger partial charge in [0, 0.05) is 5.02 Å². The number of nitrogens with one attached hydrogen (secondary N) is 1. The molecule has 0 saturated carbocycles. The van der Waals surface area contributed by atoms with Crippen molar-refractivity contribution in [2.75, 3.05) is 12.4 Å². The number of hydrogen-bond acceptors (Lipinski definition) is 6. The van der Waals surface area contributed by atoms with E-state index < -0.39 is 0 Å². The first-order chi connectivity index (χ1) is 11.2. The highest BCUT2D eigenvalue weighted by molar-refractivity contribution is 7.99. The van der Waals surface area contributed by atoms with E-state index in [1.807, 2.05) is 6.92 Å². The third-order valence-corrected chi connectivity index (χ3v) is 3.85. The van der Waals surface area contributed by atoms with Crippen molar-refractivity contribution in [1.29, 1.82) is 0 Å². The SMILES string of the molecule is CCCCOC(=O)CSc1n[nH]c(COc2ccc(Cl)cc2)n1. The Hall–Kier alpha value is -1.73. The van der Waals surface area contributed by atoms with Crippen LogP contribution in [0.25, 0.3) is 0 Å². The van der Waals surface area contributed by atoms with E-state index in [1.54, 1.807) is 24.3 Å². The quantitative estimate of drug-likeness (QED) is 0.421. The second-order valence-electron chi connectivity index (χ2n) is 4.67. The van der Waals surface area contributed by atoms with Gasteiger partial charge in [0.2, 0.25) is 5.16 Å². The molecule has 0 unspecified atom stereocenters. The molecular weight excluding hydrogens is 338 g/mol. The Morgan fingerprint density at radius 1 is 1.35 bits per heavy atom. The highest BCUT2D eigenvalue weighted by Gasteiger charge is 2.09. The van der Waals surface area contributed by atoms with E-state index in [-0.39, 0.29) is 18.3 Å². The molecule has 23 heavy (non-hydrogen) atoms. The topological polar surface area (TPSA) is 77.1 Å². The van der Waals surface area contributed by atoms with Crippen molar-refractivity contribution in [3.63, 3.8) is 0 Å². The number of aromatic amines is 1. The van der Waals surface area contributed by atoms with Crippen LogP contribution in [0.5, 0.6) is 5.75 Å². The lowest BCUT2D eigenvalue weighted by atomic mass is 10.3. The molecule has 0 fully saturated rings. The number of nitrogens with zero attached hydrogens (tertiary/aromatic N) is 2. The number of carbonyl (C=O) groups is 1. The van der Waals surface area contributed by atoms with Gasteiger partial charge in [-0.15, -0.1) is 5.10 Å². The molecule has 2 rings (SSSR count). The molecular formula is C15H18ClN3O3S. The molecule has 8 heteroatoms. The molecule has 0 spiro atoms. The lowest BCUT2D eigenvalue weighted by Crippen LogP contribution is -2.08. The van der Waals surface area contributed by atoms with Gasteiger partial charge >= 0.3 is 5.97 Å². The molecule has 0 aliphatic carbocycles. The van der Waals surface area contributed by atoms with E-state index in [2.05, 4.69) is 15.2 Å². The third-order valence-electron chi connectivity index (χ3n) is 2.78. The molecule has 6 nitrogen and oxygen atoms in total. The van der Waals surface area contributed by atoms with Crippen LogP contribution in [0.1, 0.15) is 25.6 Å². The van der Waals surface area contributed by atoms with E-state index in [1.165, 1.54) is 11.8 Å². The van der Waals surface area contributed by atoms with Gasteiger partial charge in [-0.1, -0.05) is 36.7 Å². The zero-order valence-electron chi connectivity index (χ0n) is 12.8. The van der Waals surface area contributed by atoms with Gasteiger partial charge in [-0.25, -0.2) is 4.98 Å². The molecule has 0 saturated heterocycles. The largest absolute Gasteiger partial charge is 0.486 e. The Labute approximate surface area is 143 Å². The zero-order chi connectivity index (χ0) is 16.5. The monoisotopic (exact) mass is 355 g/mol. The van der Waals surface area contributed by atoms with Crippen molar-refractivity contribution in [3.8, 4) is 5.75 Å². The van der Waals surface area contributed by atoms with Crippen LogP contribution in [0, 0.1) is 0 Å². The van der Waals surface area contributed by atoms with Gasteiger partial charge in [0.15, 0.2) is 5.82 Å². The van der Waals surface area contributed by atoms with E-state index >= 15 is 0 Å². The number of halogens is 1. The number of thioether (sulfide) groups is 1. The average molecular weight is 356 g/mol. The van der Waals surface area contributed by atoms with Crippen LogP contribution in [0.15, 0.2) is 29.4 Å². The molecule has 0 aliphatic heterocycles. The van der Waals surface area contributed by atoms with Gasteiger partial charge in [-0.2, -0.15) is 0 Å². The second kappa shape index (κ2) is 9.42. The lowest BCUT2D eigenvalue weighted by molar-refractivity contribution is -0.140. The molecule has 0 amide bonds. The van der Waals surface area contributed by atoms with Crippen LogP contribution in [0.4, 0.5) is 0 Å². The summed E-state index contributed by atoms with van der Waals surface area (Å²) in [5, 5.41) is 7.95. The standard InChI is InChI=1S/C15H18ClN3O3S/c1-2-3-8-21-14(20)10-23-15-17-13(18-19-15)9-22-12-6-4-11(16)5-7-12/h4-7H,2-3,8-10H2,1H3,(H,17,18,19). The molecule has 0 aliphatic rings. The molecule has 0 bridgehead atoms. The predicted molar refractivity (Wildman–Crippen MR) is 88.8 cm³/mol. The number of carbonyl (C=O) groups excluding carboxylic acids is 1. The van der Waals surface area contributed by atoms with Crippen molar-refractivity contribution in [2.45, 2.75) is 31.5 Å². The summed E-state index contributed by atoms with van der Waals surface area (Å²) in [5.41, 5.74) is 0. The van der Waals surface area contributed by atoms with Crippen LogP contribution in [-0.4, -0.2) is 33.5 Å². The summed E-state index contributed by atoms with van der Waals surface area (Å²) < 4.78 is 10.6. The average Bonchev–Trinajstić information content (AvgIpc) is 3.01. The van der Waals surface area contributed by atoms with Crippen molar-refractivity contribution in [3.05, 3.63) is 35.1 Å². The first-order valence-corrected chi connectivity index (χ1v) is 8.62. The summed E-state index contributed by atoms with van der Waals surface area (Å²) in [7, 11) is 0. The van der Waals surface area contributed by atoms with Gasteiger partial charge in [-0.05, 0) is 30.7 Å². The smallest absolute Gasteiger partial charge is 0.316 e. The minimum atomic E-state index is -0.257. The minimum Gasteiger partial charge on any atom is -0.486 e. The van der Waals surface area contributed by atoms with E-state index in [4.69, 9.17) is 21.1 Å². The fourth-order valence-corrected chi connectivity index (χ4v) is 2.33. The number of benzene rings is 1. The molecule has 1 N–H and O–H groups in total. The van der Waals surface area contributed by atoms with Crippen molar-refractivity contribution in [1.82, 2.24) is 15.2 Å². The van der Waals surface area contributed by atoms with Crippen molar-refractivity contribution in [2.24, 2.45) is 0 Å². The molecule has 124 valence electrons. The van der Waals surface area contributed by atoms with Crippen LogP contribution >= 0.6 is 23.4 Å².